The minimum atomic E-state index is 0.0998. The summed E-state index contributed by atoms with van der Waals surface area (Å²) in [4.78, 5) is 21.4. The first kappa shape index (κ1) is 19.6. The fraction of sp³-hybridized carbons (Fsp3) is 0.524. The number of likely N-dealkylation sites (N-methyl/N-ethyl adjacent to an activating group) is 1. The quantitative estimate of drug-likeness (QED) is 0.749. The highest BCUT2D eigenvalue weighted by Gasteiger charge is 2.29. The molecule has 1 aromatic carbocycles. The van der Waals surface area contributed by atoms with Gasteiger partial charge in [-0.3, -0.25) is 9.69 Å². The third kappa shape index (κ3) is 4.96. The van der Waals surface area contributed by atoms with Crippen molar-refractivity contribution in [1.29, 1.82) is 0 Å². The molecule has 0 unspecified atom stereocenters. The Morgan fingerprint density at radius 2 is 2.04 bits per heavy atom. The van der Waals surface area contributed by atoms with E-state index in [0.717, 1.165) is 43.7 Å². The third-order valence-electron chi connectivity index (χ3n) is 5.31. The van der Waals surface area contributed by atoms with Crippen LogP contribution in [0, 0.1) is 5.92 Å². The van der Waals surface area contributed by atoms with Gasteiger partial charge in [-0.2, -0.15) is 0 Å². The fourth-order valence-corrected chi connectivity index (χ4v) is 3.52. The highest BCUT2D eigenvalue weighted by atomic mass is 16.5. The molecule has 1 aliphatic rings. The number of ether oxygens (including phenoxy) is 1. The Hall–Kier alpha value is -2.18. The van der Waals surface area contributed by atoms with Gasteiger partial charge < -0.3 is 14.1 Å². The summed E-state index contributed by atoms with van der Waals surface area (Å²) >= 11 is 0. The van der Waals surface area contributed by atoms with Gasteiger partial charge in [0.25, 0.3) is 0 Å². The Balaban J connectivity index is 1.50. The molecule has 27 heavy (non-hydrogen) atoms. The van der Waals surface area contributed by atoms with Crippen LogP contribution in [0.4, 0.5) is 0 Å². The van der Waals surface area contributed by atoms with Gasteiger partial charge in [0.2, 0.25) is 11.8 Å². The fourth-order valence-electron chi connectivity index (χ4n) is 3.52. The van der Waals surface area contributed by atoms with E-state index in [4.69, 9.17) is 9.15 Å². The lowest BCUT2D eigenvalue weighted by atomic mass is 9.95. The van der Waals surface area contributed by atoms with Gasteiger partial charge in [0.15, 0.2) is 0 Å². The van der Waals surface area contributed by atoms with Gasteiger partial charge in [-0.25, -0.2) is 4.98 Å². The van der Waals surface area contributed by atoms with Crippen LogP contribution in [0.25, 0.3) is 11.5 Å². The summed E-state index contributed by atoms with van der Waals surface area (Å²) in [6.07, 6.45) is 3.50. The molecule has 2 heterocycles. The van der Waals surface area contributed by atoms with E-state index < -0.39 is 0 Å². The molecule has 3 rings (SSSR count). The van der Waals surface area contributed by atoms with Crippen LogP contribution in [0.2, 0.25) is 0 Å². The van der Waals surface area contributed by atoms with Gasteiger partial charge in [0, 0.05) is 32.2 Å². The molecule has 0 N–H and O–H groups in total. The molecule has 6 heteroatoms. The number of oxazole rings is 1. The van der Waals surface area contributed by atoms with Crippen LogP contribution in [0.5, 0.6) is 0 Å². The molecule has 1 fully saturated rings. The first-order valence-corrected chi connectivity index (χ1v) is 9.56. The molecule has 6 nitrogen and oxygen atoms in total. The van der Waals surface area contributed by atoms with E-state index in [-0.39, 0.29) is 17.9 Å². The molecule has 0 radical (unpaired) electrons. The molecular weight excluding hydrogens is 342 g/mol. The third-order valence-corrected chi connectivity index (χ3v) is 5.31. The average molecular weight is 371 g/mol. The smallest absolute Gasteiger partial charge is 0.226 e. The van der Waals surface area contributed by atoms with Crippen LogP contribution >= 0.6 is 0 Å². The number of carbonyl (C=O) groups excluding carboxylic acids is 1. The summed E-state index contributed by atoms with van der Waals surface area (Å²) in [5.74, 6) is 0.985. The average Bonchev–Trinajstić information content (AvgIpc) is 3.17. The van der Waals surface area contributed by atoms with Gasteiger partial charge in [0.05, 0.1) is 18.3 Å². The zero-order valence-electron chi connectivity index (χ0n) is 16.4. The summed E-state index contributed by atoms with van der Waals surface area (Å²) in [6.45, 7) is 5.14. The van der Waals surface area contributed by atoms with E-state index in [1.807, 2.05) is 49.2 Å². The van der Waals surface area contributed by atoms with Gasteiger partial charge in [-0.15, -0.1) is 0 Å². The van der Waals surface area contributed by atoms with Crippen molar-refractivity contribution in [2.75, 3.05) is 33.9 Å². The highest BCUT2D eigenvalue weighted by molar-refractivity contribution is 5.79. The summed E-state index contributed by atoms with van der Waals surface area (Å²) in [7, 11) is 3.54. The van der Waals surface area contributed by atoms with Gasteiger partial charge >= 0.3 is 0 Å². The second kappa shape index (κ2) is 9.15. The van der Waals surface area contributed by atoms with Crippen molar-refractivity contribution in [3.05, 3.63) is 42.3 Å². The minimum absolute atomic E-state index is 0.0998. The summed E-state index contributed by atoms with van der Waals surface area (Å²) in [6, 6.07) is 10.0. The van der Waals surface area contributed by atoms with Crippen molar-refractivity contribution >= 4 is 5.91 Å². The van der Waals surface area contributed by atoms with Crippen LogP contribution in [0.1, 0.15) is 25.5 Å². The molecule has 1 amide bonds. The van der Waals surface area contributed by atoms with Crippen molar-refractivity contribution in [2.24, 2.45) is 5.92 Å². The topological polar surface area (TPSA) is 58.8 Å². The van der Waals surface area contributed by atoms with E-state index in [1.54, 1.807) is 13.4 Å². The molecule has 1 saturated heterocycles. The maximum absolute atomic E-state index is 12.7. The highest BCUT2D eigenvalue weighted by Crippen LogP contribution is 2.23. The molecule has 1 atom stereocenters. The summed E-state index contributed by atoms with van der Waals surface area (Å²) in [5.41, 5.74) is 1.92. The van der Waals surface area contributed by atoms with Crippen LogP contribution < -0.4 is 0 Å². The molecule has 1 aromatic heterocycles. The number of nitrogens with zero attached hydrogens (tertiary/aromatic N) is 3. The van der Waals surface area contributed by atoms with Gasteiger partial charge in [-0.1, -0.05) is 18.2 Å². The Kier molecular flexibility index (Phi) is 6.63. The van der Waals surface area contributed by atoms with Crippen molar-refractivity contribution < 1.29 is 13.9 Å². The molecule has 1 aliphatic heterocycles. The zero-order valence-corrected chi connectivity index (χ0v) is 16.4. The lowest BCUT2D eigenvalue weighted by Crippen LogP contribution is -2.45. The normalized spacial score (nSPS) is 17.0. The van der Waals surface area contributed by atoms with Gasteiger partial charge in [-0.05, 0) is 45.0 Å². The molecule has 146 valence electrons. The van der Waals surface area contributed by atoms with Crippen LogP contribution in [0.15, 0.2) is 41.0 Å². The summed E-state index contributed by atoms with van der Waals surface area (Å²) < 4.78 is 10.8. The minimum Gasteiger partial charge on any atom is -0.444 e. The van der Waals surface area contributed by atoms with Crippen molar-refractivity contribution in [3.63, 3.8) is 0 Å². The second-order valence-corrected chi connectivity index (χ2v) is 7.31. The largest absolute Gasteiger partial charge is 0.444 e. The number of piperidine rings is 1. The Labute approximate surface area is 161 Å². The van der Waals surface area contributed by atoms with E-state index in [9.17, 15) is 4.79 Å². The van der Waals surface area contributed by atoms with Crippen LogP contribution in [-0.2, 0) is 16.1 Å². The van der Waals surface area contributed by atoms with Crippen molar-refractivity contribution in [2.45, 2.75) is 32.4 Å². The first-order chi connectivity index (χ1) is 13.1. The predicted octanol–water partition coefficient (Wildman–Crippen LogP) is 3.05. The lowest BCUT2D eigenvalue weighted by Gasteiger charge is -2.34. The number of likely N-dealkylation sites (tertiary alicyclic amines) is 1. The Morgan fingerprint density at radius 1 is 1.33 bits per heavy atom. The number of aromatic nitrogens is 1. The number of hydrogen-bond acceptors (Lipinski definition) is 5. The van der Waals surface area contributed by atoms with Crippen LogP contribution in [-0.4, -0.2) is 60.6 Å². The number of amides is 1. The standard InChI is InChI=1S/C21H29N3O3/c1-16(14-26-3)23(2)21(25)18-9-11-24(12-10-18)13-19-15-27-20(22-19)17-7-5-4-6-8-17/h4-8,15-16,18H,9-14H2,1-3H3/t16-/m1/s1. The molecule has 0 aliphatic carbocycles. The van der Waals surface area contributed by atoms with Crippen molar-refractivity contribution in [1.82, 2.24) is 14.8 Å². The number of hydrogen-bond donors (Lipinski definition) is 0. The van der Waals surface area contributed by atoms with E-state index >= 15 is 0 Å². The van der Waals surface area contributed by atoms with E-state index in [1.165, 1.54) is 0 Å². The molecule has 0 saturated carbocycles. The molecule has 0 spiro atoms. The number of rotatable bonds is 7. The summed E-state index contributed by atoms with van der Waals surface area (Å²) in [5, 5.41) is 0. The Morgan fingerprint density at radius 3 is 2.70 bits per heavy atom. The lowest BCUT2D eigenvalue weighted by molar-refractivity contribution is -0.138. The second-order valence-electron chi connectivity index (χ2n) is 7.31. The maximum atomic E-state index is 12.7. The first-order valence-electron chi connectivity index (χ1n) is 9.56. The van der Waals surface area contributed by atoms with E-state index in [0.29, 0.717) is 12.5 Å². The monoisotopic (exact) mass is 371 g/mol. The van der Waals surface area contributed by atoms with E-state index in [2.05, 4.69) is 9.88 Å². The molecule has 0 bridgehead atoms. The van der Waals surface area contributed by atoms with Gasteiger partial charge in [0.1, 0.15) is 6.26 Å². The number of methoxy groups -OCH3 is 1. The van der Waals surface area contributed by atoms with Crippen molar-refractivity contribution in [3.8, 4) is 11.5 Å². The predicted molar refractivity (Wildman–Crippen MR) is 104 cm³/mol. The SMILES string of the molecule is COC[C@@H](C)N(C)C(=O)C1CCN(Cc2coc(-c3ccccc3)n2)CC1. The Bertz CT molecular complexity index is 723. The molecular formula is C21H29N3O3. The van der Waals surface area contributed by atoms with Crippen LogP contribution in [0.3, 0.4) is 0 Å². The number of carbonyl (C=O) groups is 1. The number of benzene rings is 1. The zero-order chi connectivity index (χ0) is 19.2. The maximum Gasteiger partial charge on any atom is 0.226 e. The molecule has 2 aromatic rings.